The molecule has 0 spiro atoms. The molecule has 0 aliphatic rings. The molecule has 0 aliphatic heterocycles. The summed E-state index contributed by atoms with van der Waals surface area (Å²) >= 11 is 3.24. The highest BCUT2D eigenvalue weighted by molar-refractivity contribution is 9.11. The van der Waals surface area contributed by atoms with Crippen molar-refractivity contribution < 1.29 is 10.2 Å². The summed E-state index contributed by atoms with van der Waals surface area (Å²) in [5, 5.41) is 17.4. The fourth-order valence-electron chi connectivity index (χ4n) is 0.951. The summed E-state index contributed by atoms with van der Waals surface area (Å²) in [4.78, 5) is 0. The van der Waals surface area contributed by atoms with Gasteiger partial charge in [0, 0.05) is 13.2 Å². The second-order valence-electron chi connectivity index (χ2n) is 2.64. The summed E-state index contributed by atoms with van der Waals surface area (Å²) in [5.41, 5.74) is 0. The maximum Gasteiger partial charge on any atom is 0.0462 e. The molecule has 1 unspecified atom stereocenters. The molecule has 0 rings (SSSR count). The SMILES string of the molecule is C=C(Br)CC(CO)CCCO. The van der Waals surface area contributed by atoms with E-state index in [-0.39, 0.29) is 19.1 Å². The van der Waals surface area contributed by atoms with Crippen LogP contribution in [-0.2, 0) is 0 Å². The predicted octanol–water partition coefficient (Wildman–Crippen LogP) is 1.67. The third-order valence-corrected chi connectivity index (χ3v) is 1.86. The Balaban J connectivity index is 3.49. The number of rotatable bonds is 6. The van der Waals surface area contributed by atoms with Crippen LogP contribution < -0.4 is 0 Å². The highest BCUT2D eigenvalue weighted by Gasteiger charge is 2.06. The van der Waals surface area contributed by atoms with Crippen molar-refractivity contribution in [3.63, 3.8) is 0 Å². The molecule has 0 fully saturated rings. The van der Waals surface area contributed by atoms with Crippen LogP contribution >= 0.6 is 15.9 Å². The Bertz CT molecular complexity index is 115. The van der Waals surface area contributed by atoms with Gasteiger partial charge in [0.25, 0.3) is 0 Å². The van der Waals surface area contributed by atoms with Crippen molar-refractivity contribution in [2.75, 3.05) is 13.2 Å². The largest absolute Gasteiger partial charge is 0.396 e. The Morgan fingerprint density at radius 3 is 2.45 bits per heavy atom. The quantitative estimate of drug-likeness (QED) is 0.718. The van der Waals surface area contributed by atoms with Gasteiger partial charge in [0.05, 0.1) is 0 Å². The second kappa shape index (κ2) is 6.83. The van der Waals surface area contributed by atoms with Crippen molar-refractivity contribution in [2.45, 2.75) is 19.3 Å². The molecule has 0 heterocycles. The number of aliphatic hydroxyl groups excluding tert-OH is 2. The zero-order chi connectivity index (χ0) is 8.69. The molecular formula is C8H15BrO2. The van der Waals surface area contributed by atoms with E-state index >= 15 is 0 Å². The number of aliphatic hydroxyl groups is 2. The summed E-state index contributed by atoms with van der Waals surface area (Å²) in [6.07, 6.45) is 2.40. The minimum absolute atomic E-state index is 0.171. The van der Waals surface area contributed by atoms with Crippen LogP contribution in [0, 0.1) is 5.92 Å². The van der Waals surface area contributed by atoms with Crippen LogP contribution in [0.1, 0.15) is 19.3 Å². The van der Waals surface area contributed by atoms with E-state index in [1.165, 1.54) is 0 Å². The van der Waals surface area contributed by atoms with E-state index in [1.807, 2.05) is 0 Å². The zero-order valence-electron chi connectivity index (χ0n) is 6.59. The number of hydrogen-bond donors (Lipinski definition) is 2. The highest BCUT2D eigenvalue weighted by Crippen LogP contribution is 2.18. The van der Waals surface area contributed by atoms with E-state index in [4.69, 9.17) is 10.2 Å². The van der Waals surface area contributed by atoms with Crippen LogP contribution in [0.3, 0.4) is 0 Å². The lowest BCUT2D eigenvalue weighted by Gasteiger charge is -2.11. The van der Waals surface area contributed by atoms with E-state index in [0.29, 0.717) is 0 Å². The van der Waals surface area contributed by atoms with E-state index in [2.05, 4.69) is 22.5 Å². The van der Waals surface area contributed by atoms with Crippen molar-refractivity contribution in [1.29, 1.82) is 0 Å². The van der Waals surface area contributed by atoms with Gasteiger partial charge in [0.1, 0.15) is 0 Å². The highest BCUT2D eigenvalue weighted by atomic mass is 79.9. The standard InChI is InChI=1S/C8H15BrO2/c1-7(9)5-8(6-11)3-2-4-10/h8,10-11H,1-6H2. The first-order chi connectivity index (χ1) is 5.20. The fourth-order valence-corrected chi connectivity index (χ4v) is 1.41. The molecule has 0 saturated heterocycles. The molecule has 3 heteroatoms. The van der Waals surface area contributed by atoms with E-state index in [9.17, 15) is 0 Å². The van der Waals surface area contributed by atoms with Crippen LogP contribution in [-0.4, -0.2) is 23.4 Å². The number of allylic oxidation sites excluding steroid dienone is 1. The molecule has 0 amide bonds. The van der Waals surface area contributed by atoms with Crippen molar-refractivity contribution in [1.82, 2.24) is 0 Å². The predicted molar refractivity (Wildman–Crippen MR) is 49.6 cm³/mol. The van der Waals surface area contributed by atoms with Gasteiger partial charge in [0.2, 0.25) is 0 Å². The van der Waals surface area contributed by atoms with E-state index in [0.717, 1.165) is 23.7 Å². The van der Waals surface area contributed by atoms with Gasteiger partial charge in [-0.05, 0) is 29.7 Å². The first kappa shape index (κ1) is 11.1. The smallest absolute Gasteiger partial charge is 0.0462 e. The number of hydrogen-bond acceptors (Lipinski definition) is 2. The summed E-state index contributed by atoms with van der Waals surface area (Å²) < 4.78 is 0.912. The Morgan fingerprint density at radius 1 is 1.45 bits per heavy atom. The van der Waals surface area contributed by atoms with Crippen LogP contribution in [0.2, 0.25) is 0 Å². The molecule has 1 atom stereocenters. The lowest BCUT2D eigenvalue weighted by Crippen LogP contribution is -2.06. The Morgan fingerprint density at radius 2 is 2.09 bits per heavy atom. The summed E-state index contributed by atoms with van der Waals surface area (Å²) in [6, 6.07) is 0. The van der Waals surface area contributed by atoms with Crippen LogP contribution in [0.25, 0.3) is 0 Å². The van der Waals surface area contributed by atoms with Gasteiger partial charge in [-0.25, -0.2) is 0 Å². The topological polar surface area (TPSA) is 40.5 Å². The second-order valence-corrected chi connectivity index (χ2v) is 3.76. The molecule has 66 valence electrons. The van der Waals surface area contributed by atoms with Crippen molar-refractivity contribution in [3.05, 3.63) is 11.1 Å². The molecule has 0 bridgehead atoms. The fraction of sp³-hybridized carbons (Fsp3) is 0.750. The lowest BCUT2D eigenvalue weighted by atomic mass is 10.0. The van der Waals surface area contributed by atoms with Crippen molar-refractivity contribution in [3.8, 4) is 0 Å². The molecule has 2 nitrogen and oxygen atoms in total. The van der Waals surface area contributed by atoms with E-state index in [1.54, 1.807) is 0 Å². The Kier molecular flexibility index (Phi) is 6.91. The minimum atomic E-state index is 0.171. The van der Waals surface area contributed by atoms with Gasteiger partial charge in [-0.15, -0.1) is 0 Å². The third kappa shape index (κ3) is 6.53. The maximum atomic E-state index is 8.86. The number of halogens is 1. The zero-order valence-corrected chi connectivity index (χ0v) is 8.18. The summed E-state index contributed by atoms with van der Waals surface area (Å²) in [7, 11) is 0. The molecule has 0 aromatic carbocycles. The Hall–Kier alpha value is 0.140. The van der Waals surface area contributed by atoms with E-state index < -0.39 is 0 Å². The average Bonchev–Trinajstić information content (AvgIpc) is 1.97. The minimum Gasteiger partial charge on any atom is -0.396 e. The van der Waals surface area contributed by atoms with Crippen LogP contribution in [0.15, 0.2) is 11.1 Å². The van der Waals surface area contributed by atoms with Gasteiger partial charge >= 0.3 is 0 Å². The average molecular weight is 223 g/mol. The third-order valence-electron chi connectivity index (χ3n) is 1.54. The molecular weight excluding hydrogens is 208 g/mol. The lowest BCUT2D eigenvalue weighted by molar-refractivity contribution is 0.202. The molecule has 0 aromatic rings. The van der Waals surface area contributed by atoms with Crippen molar-refractivity contribution in [2.24, 2.45) is 5.92 Å². The van der Waals surface area contributed by atoms with Gasteiger partial charge in [0.15, 0.2) is 0 Å². The van der Waals surface area contributed by atoms with Crippen LogP contribution in [0.5, 0.6) is 0 Å². The first-order valence-electron chi connectivity index (χ1n) is 3.75. The van der Waals surface area contributed by atoms with Gasteiger partial charge < -0.3 is 10.2 Å². The Labute approximate surface area is 76.1 Å². The summed E-state index contributed by atoms with van der Waals surface area (Å²) in [6.45, 7) is 4.06. The molecule has 11 heavy (non-hydrogen) atoms. The van der Waals surface area contributed by atoms with Crippen molar-refractivity contribution >= 4 is 15.9 Å². The molecule has 0 aliphatic carbocycles. The first-order valence-corrected chi connectivity index (χ1v) is 4.55. The monoisotopic (exact) mass is 222 g/mol. The van der Waals surface area contributed by atoms with Crippen LogP contribution in [0.4, 0.5) is 0 Å². The molecule has 0 radical (unpaired) electrons. The van der Waals surface area contributed by atoms with Gasteiger partial charge in [-0.1, -0.05) is 22.5 Å². The normalized spacial score (nSPS) is 13.0. The summed E-state index contributed by atoms with van der Waals surface area (Å²) in [5.74, 6) is 0.244. The molecule has 2 N–H and O–H groups in total. The van der Waals surface area contributed by atoms with Gasteiger partial charge in [-0.2, -0.15) is 0 Å². The molecule has 0 saturated carbocycles. The van der Waals surface area contributed by atoms with Gasteiger partial charge in [-0.3, -0.25) is 0 Å². The maximum absolute atomic E-state index is 8.86. The molecule has 0 aromatic heterocycles.